The number of aromatic nitrogens is 1. The fourth-order valence-corrected chi connectivity index (χ4v) is 3.55. The minimum Gasteiger partial charge on any atom is -0.389 e. The largest absolute Gasteiger partial charge is 0.389 e. The van der Waals surface area contributed by atoms with Crippen molar-refractivity contribution in [3.05, 3.63) is 16.1 Å². The van der Waals surface area contributed by atoms with Crippen LogP contribution in [0.2, 0.25) is 0 Å². The average Bonchev–Trinajstić information content (AvgIpc) is 2.47. The van der Waals surface area contributed by atoms with Crippen molar-refractivity contribution < 1.29 is 5.11 Å². The fourth-order valence-electron chi connectivity index (χ4n) is 2.94. The second kappa shape index (κ2) is 4.11. The first-order valence-corrected chi connectivity index (χ1v) is 6.90. The highest BCUT2D eigenvalue weighted by Gasteiger charge is 2.38. The van der Waals surface area contributed by atoms with Gasteiger partial charge in [0.05, 0.1) is 16.3 Å². The molecule has 1 unspecified atom stereocenters. The summed E-state index contributed by atoms with van der Waals surface area (Å²) in [5, 5.41) is 13.8. The smallest absolute Gasteiger partial charge is 0.0897 e. The zero-order chi connectivity index (χ0) is 11.8. The molecular weight excluding hydrogens is 218 g/mol. The van der Waals surface area contributed by atoms with Gasteiger partial charge in [0.25, 0.3) is 0 Å². The van der Waals surface area contributed by atoms with E-state index in [1.807, 2.05) is 6.92 Å². The molecule has 0 aromatic carbocycles. The second-order valence-electron chi connectivity index (χ2n) is 5.95. The van der Waals surface area contributed by atoms with Gasteiger partial charge in [-0.3, -0.25) is 0 Å². The molecule has 16 heavy (non-hydrogen) atoms. The molecule has 1 aromatic rings. The summed E-state index contributed by atoms with van der Waals surface area (Å²) in [6, 6.07) is 0. The van der Waals surface area contributed by atoms with E-state index in [1.165, 1.54) is 6.42 Å². The van der Waals surface area contributed by atoms with Gasteiger partial charge in [-0.25, -0.2) is 4.98 Å². The molecule has 2 rings (SSSR count). The van der Waals surface area contributed by atoms with E-state index in [-0.39, 0.29) is 5.41 Å². The average molecular weight is 239 g/mol. The van der Waals surface area contributed by atoms with Crippen LogP contribution in [0.15, 0.2) is 5.38 Å². The molecule has 2 nitrogen and oxygen atoms in total. The number of rotatable bonds is 2. The Morgan fingerprint density at radius 1 is 1.44 bits per heavy atom. The Hall–Kier alpha value is -0.410. The Kier molecular flexibility index (Phi) is 3.10. The van der Waals surface area contributed by atoms with Crippen LogP contribution in [0.5, 0.6) is 0 Å². The standard InChI is InChI=1S/C13H21NOS/c1-10-14-11(8-16-10)7-13(15)6-4-5-12(2,3)9-13/h8,15H,4-7,9H2,1-3H3. The highest BCUT2D eigenvalue weighted by atomic mass is 32.1. The summed E-state index contributed by atoms with van der Waals surface area (Å²) in [7, 11) is 0. The van der Waals surface area contributed by atoms with Crippen LogP contribution in [-0.4, -0.2) is 15.7 Å². The van der Waals surface area contributed by atoms with E-state index in [2.05, 4.69) is 24.2 Å². The van der Waals surface area contributed by atoms with Crippen molar-refractivity contribution in [3.63, 3.8) is 0 Å². The van der Waals surface area contributed by atoms with E-state index in [4.69, 9.17) is 0 Å². The van der Waals surface area contributed by atoms with Gasteiger partial charge in [-0.2, -0.15) is 0 Å². The predicted molar refractivity (Wildman–Crippen MR) is 67.8 cm³/mol. The molecule has 0 radical (unpaired) electrons. The summed E-state index contributed by atoms with van der Waals surface area (Å²) >= 11 is 1.67. The molecule has 0 bridgehead atoms. The summed E-state index contributed by atoms with van der Waals surface area (Å²) in [4.78, 5) is 4.46. The highest BCUT2D eigenvalue weighted by molar-refractivity contribution is 7.09. The number of hydrogen-bond donors (Lipinski definition) is 1. The summed E-state index contributed by atoms with van der Waals surface area (Å²) in [5.41, 5.74) is 0.808. The van der Waals surface area contributed by atoms with E-state index < -0.39 is 5.60 Å². The lowest BCUT2D eigenvalue weighted by atomic mass is 9.68. The molecule has 1 N–H and O–H groups in total. The lowest BCUT2D eigenvalue weighted by molar-refractivity contribution is -0.0387. The SMILES string of the molecule is Cc1nc(CC2(O)CCCC(C)(C)C2)cs1. The van der Waals surface area contributed by atoms with Gasteiger partial charge >= 0.3 is 0 Å². The van der Waals surface area contributed by atoms with E-state index >= 15 is 0 Å². The van der Waals surface area contributed by atoms with Crippen LogP contribution < -0.4 is 0 Å². The molecule has 90 valence electrons. The van der Waals surface area contributed by atoms with Gasteiger partial charge in [0.1, 0.15) is 0 Å². The van der Waals surface area contributed by atoms with E-state index in [9.17, 15) is 5.11 Å². The van der Waals surface area contributed by atoms with Crippen molar-refractivity contribution >= 4 is 11.3 Å². The van der Waals surface area contributed by atoms with Crippen molar-refractivity contribution in [1.29, 1.82) is 0 Å². The minimum atomic E-state index is -0.526. The molecule has 0 aliphatic heterocycles. The van der Waals surface area contributed by atoms with Gasteiger partial charge in [0, 0.05) is 11.8 Å². The molecule has 1 aliphatic carbocycles. The number of nitrogens with zero attached hydrogens (tertiary/aromatic N) is 1. The number of hydrogen-bond acceptors (Lipinski definition) is 3. The van der Waals surface area contributed by atoms with Gasteiger partial charge in [0.2, 0.25) is 0 Å². The van der Waals surface area contributed by atoms with Crippen molar-refractivity contribution in [3.8, 4) is 0 Å². The van der Waals surface area contributed by atoms with Gasteiger partial charge in [-0.05, 0) is 31.6 Å². The van der Waals surface area contributed by atoms with Crippen LogP contribution in [-0.2, 0) is 6.42 Å². The van der Waals surface area contributed by atoms with Crippen LogP contribution in [0.1, 0.15) is 50.2 Å². The first kappa shape index (κ1) is 12.1. The molecule has 0 spiro atoms. The van der Waals surface area contributed by atoms with E-state index in [0.717, 1.165) is 36.4 Å². The summed E-state index contributed by atoms with van der Waals surface area (Å²) in [6.45, 7) is 6.52. The van der Waals surface area contributed by atoms with Gasteiger partial charge in [-0.1, -0.05) is 20.3 Å². The van der Waals surface area contributed by atoms with Crippen LogP contribution >= 0.6 is 11.3 Å². The second-order valence-corrected chi connectivity index (χ2v) is 7.02. The van der Waals surface area contributed by atoms with E-state index in [1.54, 1.807) is 11.3 Å². The van der Waals surface area contributed by atoms with Crippen molar-refractivity contribution in [1.82, 2.24) is 4.98 Å². The molecule has 0 amide bonds. The third-order valence-electron chi connectivity index (χ3n) is 3.48. The first-order valence-electron chi connectivity index (χ1n) is 6.02. The molecule has 0 saturated heterocycles. The molecule has 1 saturated carbocycles. The monoisotopic (exact) mass is 239 g/mol. The van der Waals surface area contributed by atoms with Gasteiger partial charge in [-0.15, -0.1) is 11.3 Å². The Labute approximate surface area is 102 Å². The summed E-state index contributed by atoms with van der Waals surface area (Å²) in [5.74, 6) is 0. The third kappa shape index (κ3) is 2.83. The maximum Gasteiger partial charge on any atom is 0.0897 e. The van der Waals surface area contributed by atoms with Crippen LogP contribution in [0, 0.1) is 12.3 Å². The molecule has 3 heteroatoms. The fraction of sp³-hybridized carbons (Fsp3) is 0.769. The maximum atomic E-state index is 10.6. The zero-order valence-electron chi connectivity index (χ0n) is 10.4. The van der Waals surface area contributed by atoms with Gasteiger partial charge < -0.3 is 5.11 Å². The Balaban J connectivity index is 2.07. The molecule has 1 atom stereocenters. The minimum absolute atomic E-state index is 0.276. The van der Waals surface area contributed by atoms with Crippen molar-refractivity contribution in [2.24, 2.45) is 5.41 Å². The third-order valence-corrected chi connectivity index (χ3v) is 4.30. The molecule has 1 fully saturated rings. The normalized spacial score (nSPS) is 29.2. The lowest BCUT2D eigenvalue weighted by Crippen LogP contribution is -2.40. The lowest BCUT2D eigenvalue weighted by Gasteiger charge is -2.41. The Morgan fingerprint density at radius 2 is 2.19 bits per heavy atom. The van der Waals surface area contributed by atoms with E-state index in [0.29, 0.717) is 0 Å². The Morgan fingerprint density at radius 3 is 2.75 bits per heavy atom. The highest BCUT2D eigenvalue weighted by Crippen LogP contribution is 2.42. The molecule has 1 heterocycles. The number of aliphatic hydroxyl groups is 1. The Bertz CT molecular complexity index is 372. The summed E-state index contributed by atoms with van der Waals surface area (Å²) in [6.07, 6.45) is 4.91. The maximum absolute atomic E-state index is 10.6. The quantitative estimate of drug-likeness (QED) is 0.858. The van der Waals surface area contributed by atoms with Gasteiger partial charge in [0.15, 0.2) is 0 Å². The summed E-state index contributed by atoms with van der Waals surface area (Å²) < 4.78 is 0. The predicted octanol–water partition coefficient (Wildman–Crippen LogP) is 3.33. The zero-order valence-corrected chi connectivity index (χ0v) is 11.2. The van der Waals surface area contributed by atoms with Crippen LogP contribution in [0.3, 0.4) is 0 Å². The topological polar surface area (TPSA) is 33.1 Å². The van der Waals surface area contributed by atoms with Crippen molar-refractivity contribution in [2.45, 2.75) is 58.5 Å². The number of thiazole rings is 1. The first-order chi connectivity index (χ1) is 7.39. The molecule has 1 aliphatic rings. The molecular formula is C13H21NOS. The molecule has 1 aromatic heterocycles. The van der Waals surface area contributed by atoms with Crippen molar-refractivity contribution in [2.75, 3.05) is 0 Å². The van der Waals surface area contributed by atoms with Crippen LogP contribution in [0.4, 0.5) is 0 Å². The van der Waals surface area contributed by atoms with Crippen LogP contribution in [0.25, 0.3) is 0 Å². The number of aryl methyl sites for hydroxylation is 1.